The van der Waals surface area contributed by atoms with E-state index in [1.165, 1.54) is 0 Å². The molecule has 0 unspecified atom stereocenters. The Bertz CT molecular complexity index is 8.75. The van der Waals surface area contributed by atoms with E-state index in [0.717, 1.165) is 0 Å². The molecule has 1 fully saturated rings. The fourth-order valence-electron chi connectivity index (χ4n) is 0. The van der Waals surface area contributed by atoms with Crippen molar-refractivity contribution in [1.82, 2.24) is 0 Å². The molecule has 0 aromatic rings. The standard InChI is InChI=1S/2Fe.O2/c;;1-2/q;+2;-2. The molecule has 0 atom stereocenters. The number of rotatable bonds is 0. The van der Waals surface area contributed by atoms with Crippen molar-refractivity contribution in [3.05, 3.63) is 0 Å². The van der Waals surface area contributed by atoms with Gasteiger partial charge >= 0.3 is 23.6 Å². The second kappa shape index (κ2) is 2.21. The van der Waals surface area contributed by atoms with Gasteiger partial charge in [0.05, 0.1) is 0 Å². The molecule has 0 N–H and O–H groups in total. The molecule has 4 heavy (non-hydrogen) atoms. The van der Waals surface area contributed by atoms with Crippen molar-refractivity contribution in [3.8, 4) is 0 Å². The van der Waals surface area contributed by atoms with Gasteiger partial charge in [0.1, 0.15) is 0 Å². The molecule has 0 amide bonds. The predicted molar refractivity (Wildman–Crippen MR) is 2.17 cm³/mol. The van der Waals surface area contributed by atoms with Crippen molar-refractivity contribution >= 4 is 0 Å². The summed E-state index contributed by atoms with van der Waals surface area (Å²) in [6.45, 7) is 0. The van der Waals surface area contributed by atoms with Crippen LogP contribution in [-0.4, -0.2) is 0 Å². The van der Waals surface area contributed by atoms with Gasteiger partial charge in [0.15, 0.2) is 0 Å². The van der Waals surface area contributed by atoms with E-state index in [-0.39, 0.29) is 17.1 Å². The van der Waals surface area contributed by atoms with Crippen LogP contribution in [0.25, 0.3) is 0 Å². The number of hydrogen-bond acceptors (Lipinski definition) is 2. The summed E-state index contributed by atoms with van der Waals surface area (Å²) in [4.78, 5) is 0. The first-order chi connectivity index (χ1) is 1.50. The summed E-state index contributed by atoms with van der Waals surface area (Å²) >= 11 is 0.500. The molecular weight excluding hydrogens is 144 g/mol. The van der Waals surface area contributed by atoms with Crippen LogP contribution >= 0.6 is 0 Å². The van der Waals surface area contributed by atoms with Crippen LogP contribution in [0.15, 0.2) is 0 Å². The van der Waals surface area contributed by atoms with Gasteiger partial charge < -0.3 is 0 Å². The van der Waals surface area contributed by atoms with Crippen LogP contribution < -0.4 is 0 Å². The maximum absolute atomic E-state index is 4.00. The second-order valence-corrected chi connectivity index (χ2v) is 0.729. The van der Waals surface area contributed by atoms with E-state index in [4.69, 9.17) is 0 Å². The minimum absolute atomic E-state index is 0. The summed E-state index contributed by atoms with van der Waals surface area (Å²) in [5, 5.41) is 0. The fraction of sp³-hybridized carbons (Fsp3) is 0. The van der Waals surface area contributed by atoms with Crippen LogP contribution in [0.2, 0.25) is 0 Å². The molecule has 0 radical (unpaired) electrons. The zero-order chi connectivity index (χ0) is 2.12. The molecule has 1 rings (SSSR count). The van der Waals surface area contributed by atoms with Crippen molar-refractivity contribution in [2.75, 3.05) is 0 Å². The zero-order valence-corrected chi connectivity index (χ0v) is 3.73. The van der Waals surface area contributed by atoms with Crippen LogP contribution in [0.5, 0.6) is 0 Å². The van der Waals surface area contributed by atoms with E-state index in [1.54, 1.807) is 0 Å². The summed E-state index contributed by atoms with van der Waals surface area (Å²) < 4.78 is 8.00. The van der Waals surface area contributed by atoms with Crippen LogP contribution in [-0.2, 0) is 40.6 Å². The van der Waals surface area contributed by atoms with Crippen LogP contribution in [0, 0.1) is 0 Å². The molecule has 1 heterocycles. The van der Waals surface area contributed by atoms with E-state index >= 15 is 0 Å². The first-order valence-corrected chi connectivity index (χ1v) is 1.36. The van der Waals surface area contributed by atoms with Gasteiger partial charge in [0.25, 0.3) is 0 Å². The van der Waals surface area contributed by atoms with Gasteiger partial charge in [0.2, 0.25) is 0 Å². The number of hydrogen-bond donors (Lipinski definition) is 0. The Balaban J connectivity index is 0.0000000900. The molecule has 2 nitrogen and oxygen atoms in total. The third kappa shape index (κ3) is 2.96. The summed E-state index contributed by atoms with van der Waals surface area (Å²) in [5.41, 5.74) is 0. The Morgan fingerprint density at radius 1 is 1.25 bits per heavy atom. The molecule has 1 aliphatic heterocycles. The van der Waals surface area contributed by atoms with Crippen LogP contribution in [0.4, 0.5) is 0 Å². The SMILES string of the molecule is [Fe].[O]1[O][Fe]1. The molecule has 0 spiro atoms. The van der Waals surface area contributed by atoms with E-state index in [2.05, 4.69) is 7.94 Å². The second-order valence-electron chi connectivity index (χ2n) is 0.177. The third-order valence-electron chi connectivity index (χ3n) is 0.0589. The third-order valence-corrected chi connectivity index (χ3v) is 0.243. The molecule has 0 aliphatic carbocycles. The molecule has 4 heteroatoms. The van der Waals surface area contributed by atoms with E-state index in [0.29, 0.717) is 15.6 Å². The van der Waals surface area contributed by atoms with Crippen molar-refractivity contribution in [2.24, 2.45) is 0 Å². The summed E-state index contributed by atoms with van der Waals surface area (Å²) in [6.07, 6.45) is 0. The first kappa shape index (κ1) is 4.96. The fourth-order valence-corrected chi connectivity index (χ4v) is 0. The quantitative estimate of drug-likeness (QED) is 0.268. The predicted octanol–water partition coefficient (Wildman–Crippen LogP) is -0.142. The van der Waals surface area contributed by atoms with E-state index in [9.17, 15) is 0 Å². The summed E-state index contributed by atoms with van der Waals surface area (Å²) in [5.74, 6) is 0. The average molecular weight is 144 g/mol. The molecule has 0 bridgehead atoms. The van der Waals surface area contributed by atoms with Crippen molar-refractivity contribution in [2.45, 2.75) is 0 Å². The molecule has 1 saturated heterocycles. The normalized spacial score (nSPS) is 20.0. The van der Waals surface area contributed by atoms with Gasteiger partial charge in [-0.3, -0.25) is 0 Å². The molecular formula is Fe2O2. The van der Waals surface area contributed by atoms with Gasteiger partial charge in [-0.25, -0.2) is 0 Å². The van der Waals surface area contributed by atoms with Crippen molar-refractivity contribution < 1.29 is 40.6 Å². The molecule has 0 aromatic carbocycles. The Labute approximate surface area is 41.1 Å². The average Bonchev–Trinajstić information content (AvgIpc) is 1.46. The summed E-state index contributed by atoms with van der Waals surface area (Å²) in [6, 6.07) is 0. The van der Waals surface area contributed by atoms with E-state index in [1.807, 2.05) is 0 Å². The topological polar surface area (TPSA) is 25.1 Å². The van der Waals surface area contributed by atoms with Crippen LogP contribution in [0.1, 0.15) is 0 Å². The Morgan fingerprint density at radius 3 is 1.50 bits per heavy atom. The van der Waals surface area contributed by atoms with Crippen molar-refractivity contribution in [3.63, 3.8) is 0 Å². The molecule has 28 valence electrons. The maximum atomic E-state index is 4.00. The molecule has 0 aromatic heterocycles. The summed E-state index contributed by atoms with van der Waals surface area (Å²) in [7, 11) is 0. The van der Waals surface area contributed by atoms with Crippen molar-refractivity contribution in [1.29, 1.82) is 0 Å². The molecule has 0 saturated carbocycles. The van der Waals surface area contributed by atoms with Gasteiger partial charge in [-0.2, -0.15) is 0 Å². The van der Waals surface area contributed by atoms with Gasteiger partial charge in [-0.05, 0) is 0 Å². The monoisotopic (exact) mass is 144 g/mol. The van der Waals surface area contributed by atoms with Crippen LogP contribution in [0.3, 0.4) is 0 Å². The Kier molecular flexibility index (Phi) is 2.74. The Morgan fingerprint density at radius 2 is 1.50 bits per heavy atom. The zero-order valence-electron chi connectivity index (χ0n) is 1.52. The van der Waals surface area contributed by atoms with Gasteiger partial charge in [-0.15, -0.1) is 0 Å². The van der Waals surface area contributed by atoms with E-state index < -0.39 is 0 Å². The van der Waals surface area contributed by atoms with Gasteiger partial charge in [-0.1, -0.05) is 0 Å². The molecule has 1 aliphatic rings. The Hall–Kier alpha value is 0.959. The van der Waals surface area contributed by atoms with Gasteiger partial charge in [0, 0.05) is 17.1 Å². The first-order valence-electron chi connectivity index (χ1n) is 0.455. The minimum atomic E-state index is 0.